The first-order valence-electron chi connectivity index (χ1n) is 10.4. The summed E-state index contributed by atoms with van der Waals surface area (Å²) in [6.07, 6.45) is 5.94. The molecule has 1 N–H and O–H groups in total. The molecule has 2 aromatic heterocycles. The largest absolute Gasteiger partial charge is 0.354 e. The SMILES string of the molecule is O=c1[nH]c2cc(CN3CCN(c4ccc(Cl)cn4)CC3)ccc2c2c1CCCC2. The highest BCUT2D eigenvalue weighted by atomic mass is 35.5. The third-order valence-electron chi connectivity index (χ3n) is 6.21. The topological polar surface area (TPSA) is 52.2 Å². The molecule has 1 aliphatic heterocycles. The first kappa shape index (κ1) is 18.6. The van der Waals surface area contributed by atoms with Gasteiger partial charge in [0.05, 0.1) is 5.02 Å². The van der Waals surface area contributed by atoms with Gasteiger partial charge in [-0.1, -0.05) is 23.7 Å². The summed E-state index contributed by atoms with van der Waals surface area (Å²) in [5.74, 6) is 0.988. The van der Waals surface area contributed by atoms with Crippen LogP contribution in [0.3, 0.4) is 0 Å². The Bertz CT molecular complexity index is 1080. The Morgan fingerprint density at radius 3 is 2.55 bits per heavy atom. The number of aromatic nitrogens is 2. The Hall–Kier alpha value is -2.37. The Morgan fingerprint density at radius 2 is 1.79 bits per heavy atom. The number of benzene rings is 1. The predicted octanol–water partition coefficient (Wildman–Crippen LogP) is 3.78. The maximum Gasteiger partial charge on any atom is 0.251 e. The van der Waals surface area contributed by atoms with Crippen LogP contribution in [0.4, 0.5) is 5.82 Å². The molecular weight excluding hydrogens is 384 g/mol. The van der Waals surface area contributed by atoms with Crippen molar-refractivity contribution in [1.29, 1.82) is 0 Å². The van der Waals surface area contributed by atoms with Gasteiger partial charge in [-0.25, -0.2) is 4.98 Å². The summed E-state index contributed by atoms with van der Waals surface area (Å²) in [6, 6.07) is 10.5. The van der Waals surface area contributed by atoms with E-state index in [-0.39, 0.29) is 5.56 Å². The molecule has 0 bridgehead atoms. The van der Waals surface area contributed by atoms with Crippen LogP contribution < -0.4 is 10.5 Å². The fourth-order valence-corrected chi connectivity index (χ4v) is 4.77. The number of halogens is 1. The first-order valence-corrected chi connectivity index (χ1v) is 10.8. The Kier molecular flexibility index (Phi) is 5.02. The fraction of sp³-hybridized carbons (Fsp3) is 0.391. The van der Waals surface area contributed by atoms with Gasteiger partial charge in [0, 0.05) is 55.4 Å². The number of piperazine rings is 1. The van der Waals surface area contributed by atoms with Crippen LogP contribution >= 0.6 is 11.6 Å². The van der Waals surface area contributed by atoms with Crippen LogP contribution in [0.2, 0.25) is 5.02 Å². The number of pyridine rings is 2. The van der Waals surface area contributed by atoms with E-state index in [1.165, 1.54) is 22.9 Å². The van der Waals surface area contributed by atoms with Crippen LogP contribution in [0.5, 0.6) is 0 Å². The van der Waals surface area contributed by atoms with Crippen molar-refractivity contribution in [3.05, 3.63) is 68.6 Å². The summed E-state index contributed by atoms with van der Waals surface area (Å²) in [5, 5.41) is 1.89. The van der Waals surface area contributed by atoms with Crippen molar-refractivity contribution in [3.8, 4) is 0 Å². The third-order valence-corrected chi connectivity index (χ3v) is 6.44. The van der Waals surface area contributed by atoms with Crippen molar-refractivity contribution in [3.63, 3.8) is 0 Å². The standard InChI is InChI=1S/C23H25ClN4O/c24-17-6-8-22(25-14-17)28-11-9-27(10-12-28)15-16-5-7-19-18-3-1-2-4-20(18)23(29)26-21(19)13-16/h5-8,13-14H,1-4,9-12,15H2,(H,26,29). The molecule has 29 heavy (non-hydrogen) atoms. The average molecular weight is 409 g/mol. The molecule has 1 fully saturated rings. The minimum atomic E-state index is 0.105. The molecule has 0 amide bonds. The summed E-state index contributed by atoms with van der Waals surface area (Å²) in [6.45, 7) is 4.78. The van der Waals surface area contributed by atoms with Crippen LogP contribution in [-0.2, 0) is 19.4 Å². The van der Waals surface area contributed by atoms with Gasteiger partial charge in [0.15, 0.2) is 0 Å². The molecule has 3 aromatic rings. The van der Waals surface area contributed by atoms with Crippen LogP contribution in [0.15, 0.2) is 41.3 Å². The molecule has 150 valence electrons. The number of aryl methyl sites for hydroxylation is 1. The third kappa shape index (κ3) is 3.77. The summed E-state index contributed by atoms with van der Waals surface area (Å²) < 4.78 is 0. The summed E-state index contributed by atoms with van der Waals surface area (Å²) >= 11 is 5.94. The molecule has 1 saturated heterocycles. The number of fused-ring (bicyclic) bond motifs is 3. The molecule has 5 rings (SSSR count). The number of nitrogens with zero attached hydrogens (tertiary/aromatic N) is 3. The molecule has 1 aliphatic carbocycles. The highest BCUT2D eigenvalue weighted by molar-refractivity contribution is 6.30. The van der Waals surface area contributed by atoms with Gasteiger partial charge in [-0.3, -0.25) is 9.69 Å². The van der Waals surface area contributed by atoms with Gasteiger partial charge < -0.3 is 9.88 Å². The molecule has 0 atom stereocenters. The maximum absolute atomic E-state index is 12.5. The molecule has 1 aromatic carbocycles. The van der Waals surface area contributed by atoms with E-state index in [1.54, 1.807) is 6.20 Å². The average Bonchev–Trinajstić information content (AvgIpc) is 2.75. The van der Waals surface area contributed by atoms with E-state index < -0.39 is 0 Å². The van der Waals surface area contributed by atoms with Gasteiger partial charge in [0.1, 0.15) is 5.82 Å². The zero-order valence-electron chi connectivity index (χ0n) is 16.5. The molecular formula is C23H25ClN4O. The summed E-state index contributed by atoms with van der Waals surface area (Å²) in [7, 11) is 0. The Balaban J connectivity index is 1.30. The molecule has 0 spiro atoms. The summed E-state index contributed by atoms with van der Waals surface area (Å²) in [4.78, 5) is 24.8. The highest BCUT2D eigenvalue weighted by Crippen LogP contribution is 2.26. The van der Waals surface area contributed by atoms with Gasteiger partial charge in [-0.2, -0.15) is 0 Å². The quantitative estimate of drug-likeness (QED) is 0.716. The first-order chi connectivity index (χ1) is 14.2. The second-order valence-electron chi connectivity index (χ2n) is 8.10. The van der Waals surface area contributed by atoms with Crippen molar-refractivity contribution in [1.82, 2.24) is 14.9 Å². The minimum absolute atomic E-state index is 0.105. The van der Waals surface area contributed by atoms with Gasteiger partial charge >= 0.3 is 0 Å². The van der Waals surface area contributed by atoms with Gasteiger partial charge in [-0.05, 0) is 55.0 Å². The van der Waals surface area contributed by atoms with Crippen molar-refractivity contribution < 1.29 is 0 Å². The normalized spacial score (nSPS) is 17.5. The predicted molar refractivity (Wildman–Crippen MR) is 118 cm³/mol. The number of hydrogen-bond acceptors (Lipinski definition) is 4. The van der Waals surface area contributed by atoms with Gasteiger partial charge in [0.25, 0.3) is 5.56 Å². The van der Waals surface area contributed by atoms with E-state index >= 15 is 0 Å². The summed E-state index contributed by atoms with van der Waals surface area (Å²) in [5.41, 5.74) is 4.61. The smallest absolute Gasteiger partial charge is 0.251 e. The van der Waals surface area contributed by atoms with E-state index in [0.29, 0.717) is 5.02 Å². The molecule has 2 aliphatic rings. The van der Waals surface area contributed by atoms with Crippen LogP contribution in [0.1, 0.15) is 29.5 Å². The number of nitrogens with one attached hydrogen (secondary N) is 1. The second-order valence-corrected chi connectivity index (χ2v) is 8.53. The lowest BCUT2D eigenvalue weighted by Crippen LogP contribution is -2.46. The van der Waals surface area contributed by atoms with E-state index in [0.717, 1.165) is 68.9 Å². The van der Waals surface area contributed by atoms with Crippen LogP contribution in [0, 0.1) is 0 Å². The highest BCUT2D eigenvalue weighted by Gasteiger charge is 2.19. The van der Waals surface area contributed by atoms with Crippen LogP contribution in [-0.4, -0.2) is 41.0 Å². The molecule has 3 heterocycles. The zero-order valence-corrected chi connectivity index (χ0v) is 17.2. The lowest BCUT2D eigenvalue weighted by atomic mass is 9.89. The van der Waals surface area contributed by atoms with E-state index in [2.05, 4.69) is 38.0 Å². The molecule has 5 nitrogen and oxygen atoms in total. The van der Waals surface area contributed by atoms with Crippen LogP contribution in [0.25, 0.3) is 10.9 Å². The number of rotatable bonds is 3. The number of anilines is 1. The molecule has 0 radical (unpaired) electrons. The monoisotopic (exact) mass is 408 g/mol. The van der Waals surface area contributed by atoms with E-state index in [4.69, 9.17) is 11.6 Å². The van der Waals surface area contributed by atoms with Crippen molar-refractivity contribution in [2.24, 2.45) is 0 Å². The number of aromatic amines is 1. The lowest BCUT2D eigenvalue weighted by Gasteiger charge is -2.35. The van der Waals surface area contributed by atoms with E-state index in [9.17, 15) is 4.79 Å². The number of H-pyrrole nitrogens is 1. The Labute approximate surface area is 175 Å². The molecule has 6 heteroatoms. The van der Waals surface area contributed by atoms with Crippen molar-refractivity contribution in [2.75, 3.05) is 31.1 Å². The van der Waals surface area contributed by atoms with Crippen molar-refractivity contribution in [2.45, 2.75) is 32.2 Å². The number of hydrogen-bond donors (Lipinski definition) is 1. The van der Waals surface area contributed by atoms with Gasteiger partial charge in [-0.15, -0.1) is 0 Å². The van der Waals surface area contributed by atoms with E-state index in [1.807, 2.05) is 12.1 Å². The maximum atomic E-state index is 12.5. The molecule has 0 saturated carbocycles. The van der Waals surface area contributed by atoms with Gasteiger partial charge in [0.2, 0.25) is 0 Å². The fourth-order valence-electron chi connectivity index (χ4n) is 4.66. The lowest BCUT2D eigenvalue weighted by molar-refractivity contribution is 0.249. The second kappa shape index (κ2) is 7.81. The zero-order chi connectivity index (χ0) is 19.8. The Morgan fingerprint density at radius 1 is 1.00 bits per heavy atom. The molecule has 0 unspecified atom stereocenters. The minimum Gasteiger partial charge on any atom is -0.354 e. The van der Waals surface area contributed by atoms with Crippen molar-refractivity contribution >= 4 is 28.3 Å².